The predicted octanol–water partition coefficient (Wildman–Crippen LogP) is 5.76. The van der Waals surface area contributed by atoms with Gasteiger partial charge in [0.2, 0.25) is 0 Å². The van der Waals surface area contributed by atoms with Crippen LogP contribution in [-0.2, 0) is 12.7 Å². The topological polar surface area (TPSA) is 34.1 Å². The highest BCUT2D eigenvalue weighted by Crippen LogP contribution is 2.35. The Morgan fingerprint density at radius 3 is 2.42 bits per heavy atom. The molecule has 2 aromatic carbocycles. The molecular weight excluding hydrogens is 361 g/mol. The van der Waals surface area contributed by atoms with Gasteiger partial charge in [-0.2, -0.15) is 13.2 Å². The summed E-state index contributed by atoms with van der Waals surface area (Å²) in [5, 5.41) is 4.89. The Morgan fingerprint density at radius 1 is 1.08 bits per heavy atom. The maximum absolute atomic E-state index is 12.7. The van der Waals surface area contributed by atoms with Crippen molar-refractivity contribution in [3.63, 3.8) is 0 Å². The van der Waals surface area contributed by atoms with E-state index in [4.69, 9.17) is 4.74 Å². The molecule has 0 atom stereocenters. The first-order valence-corrected chi connectivity index (χ1v) is 8.71. The lowest BCUT2D eigenvalue weighted by molar-refractivity contribution is -0.137. The van der Waals surface area contributed by atoms with Gasteiger partial charge in [0.15, 0.2) is 0 Å². The molecule has 136 valence electrons. The smallest absolute Gasteiger partial charge is 0.416 e. The van der Waals surface area contributed by atoms with Gasteiger partial charge in [-0.1, -0.05) is 41.7 Å². The van der Waals surface area contributed by atoms with Gasteiger partial charge in [-0.05, 0) is 25.1 Å². The van der Waals surface area contributed by atoms with Crippen molar-refractivity contribution in [3.8, 4) is 16.3 Å². The van der Waals surface area contributed by atoms with Crippen molar-refractivity contribution in [2.45, 2.75) is 19.6 Å². The van der Waals surface area contributed by atoms with E-state index in [0.29, 0.717) is 17.1 Å². The number of hydrogen-bond donors (Lipinski definition) is 1. The SMILES string of the molecule is COc1ccccc1CNc1sc(-c2ccc(C(F)(F)F)cc2)nc1C. The molecule has 0 aliphatic heterocycles. The van der Waals surface area contributed by atoms with Crippen LogP contribution in [0.25, 0.3) is 10.6 Å². The van der Waals surface area contributed by atoms with Crippen LogP contribution in [0.2, 0.25) is 0 Å². The highest BCUT2D eigenvalue weighted by molar-refractivity contribution is 7.19. The van der Waals surface area contributed by atoms with Crippen LogP contribution in [0.5, 0.6) is 5.75 Å². The van der Waals surface area contributed by atoms with Crippen molar-refractivity contribution in [2.75, 3.05) is 12.4 Å². The Labute approximate surface area is 153 Å². The summed E-state index contributed by atoms with van der Waals surface area (Å²) in [4.78, 5) is 4.47. The molecule has 0 fully saturated rings. The number of para-hydroxylation sites is 1. The Hall–Kier alpha value is -2.54. The maximum atomic E-state index is 12.7. The number of alkyl halides is 3. The Bertz CT molecular complexity index is 889. The summed E-state index contributed by atoms with van der Waals surface area (Å²) in [7, 11) is 1.62. The van der Waals surface area contributed by atoms with Gasteiger partial charge in [0.1, 0.15) is 15.8 Å². The lowest BCUT2D eigenvalue weighted by Gasteiger charge is -2.09. The first-order valence-electron chi connectivity index (χ1n) is 7.89. The third kappa shape index (κ3) is 3.99. The van der Waals surface area contributed by atoms with E-state index in [1.807, 2.05) is 31.2 Å². The van der Waals surface area contributed by atoms with E-state index < -0.39 is 11.7 Å². The molecule has 0 amide bonds. The van der Waals surface area contributed by atoms with Crippen molar-refractivity contribution < 1.29 is 17.9 Å². The molecule has 1 N–H and O–H groups in total. The van der Waals surface area contributed by atoms with Crippen molar-refractivity contribution in [1.82, 2.24) is 4.98 Å². The number of halogens is 3. The third-order valence-electron chi connectivity index (χ3n) is 3.89. The number of anilines is 1. The monoisotopic (exact) mass is 378 g/mol. The molecule has 0 bridgehead atoms. The maximum Gasteiger partial charge on any atom is 0.416 e. The number of nitrogens with zero attached hydrogens (tertiary/aromatic N) is 1. The van der Waals surface area contributed by atoms with Gasteiger partial charge in [-0.3, -0.25) is 0 Å². The molecule has 7 heteroatoms. The predicted molar refractivity (Wildman–Crippen MR) is 97.6 cm³/mol. The van der Waals surface area contributed by atoms with Crippen LogP contribution in [0.15, 0.2) is 48.5 Å². The number of thiazole rings is 1. The van der Waals surface area contributed by atoms with Crippen LogP contribution in [0.3, 0.4) is 0 Å². The van der Waals surface area contributed by atoms with E-state index in [0.717, 1.165) is 34.1 Å². The molecule has 0 saturated carbocycles. The Kier molecular flexibility index (Phi) is 5.18. The van der Waals surface area contributed by atoms with Crippen molar-refractivity contribution in [1.29, 1.82) is 0 Å². The van der Waals surface area contributed by atoms with Crippen LogP contribution in [0.4, 0.5) is 18.2 Å². The van der Waals surface area contributed by atoms with Crippen molar-refractivity contribution >= 4 is 16.3 Å². The molecule has 0 unspecified atom stereocenters. The lowest BCUT2D eigenvalue weighted by Crippen LogP contribution is -2.03. The van der Waals surface area contributed by atoms with Crippen LogP contribution in [0.1, 0.15) is 16.8 Å². The van der Waals surface area contributed by atoms with E-state index >= 15 is 0 Å². The van der Waals surface area contributed by atoms with Gasteiger partial charge in [-0.15, -0.1) is 0 Å². The van der Waals surface area contributed by atoms with Gasteiger partial charge in [-0.25, -0.2) is 4.98 Å². The number of benzene rings is 2. The first-order chi connectivity index (χ1) is 12.4. The summed E-state index contributed by atoms with van der Waals surface area (Å²) in [6, 6.07) is 12.8. The van der Waals surface area contributed by atoms with Crippen LogP contribution < -0.4 is 10.1 Å². The Morgan fingerprint density at radius 2 is 1.77 bits per heavy atom. The van der Waals surface area contributed by atoms with E-state index in [2.05, 4.69) is 10.3 Å². The van der Waals surface area contributed by atoms with E-state index in [-0.39, 0.29) is 0 Å². The number of aromatic nitrogens is 1. The fraction of sp³-hybridized carbons (Fsp3) is 0.211. The molecular formula is C19H17F3N2OS. The zero-order valence-electron chi connectivity index (χ0n) is 14.2. The molecule has 0 aliphatic rings. The van der Waals surface area contributed by atoms with E-state index in [1.165, 1.54) is 23.5 Å². The summed E-state index contributed by atoms with van der Waals surface area (Å²) >= 11 is 1.41. The van der Waals surface area contributed by atoms with Gasteiger partial charge in [0.05, 0.1) is 18.4 Å². The molecule has 0 radical (unpaired) electrons. The fourth-order valence-electron chi connectivity index (χ4n) is 2.51. The summed E-state index contributed by atoms with van der Waals surface area (Å²) in [5.74, 6) is 0.796. The van der Waals surface area contributed by atoms with Crippen molar-refractivity contribution in [3.05, 3.63) is 65.4 Å². The molecule has 3 rings (SSSR count). The second-order valence-corrected chi connectivity index (χ2v) is 6.67. The second kappa shape index (κ2) is 7.37. The van der Waals surface area contributed by atoms with Gasteiger partial charge in [0, 0.05) is 17.7 Å². The minimum Gasteiger partial charge on any atom is -0.496 e. The fourth-order valence-corrected chi connectivity index (χ4v) is 3.48. The largest absolute Gasteiger partial charge is 0.496 e. The molecule has 26 heavy (non-hydrogen) atoms. The number of ether oxygens (including phenoxy) is 1. The summed E-state index contributed by atoms with van der Waals surface area (Å²) in [5.41, 5.74) is 1.82. The van der Waals surface area contributed by atoms with Gasteiger partial charge in [0.25, 0.3) is 0 Å². The van der Waals surface area contributed by atoms with Crippen molar-refractivity contribution in [2.24, 2.45) is 0 Å². The number of aryl methyl sites for hydroxylation is 1. The number of rotatable bonds is 5. The zero-order valence-corrected chi connectivity index (χ0v) is 15.0. The summed E-state index contributed by atoms with van der Waals surface area (Å²) in [6.07, 6.45) is -4.33. The van der Waals surface area contributed by atoms with Crippen LogP contribution >= 0.6 is 11.3 Å². The molecule has 1 aromatic heterocycles. The first kappa shape index (κ1) is 18.3. The average molecular weight is 378 g/mol. The number of methoxy groups -OCH3 is 1. The van der Waals surface area contributed by atoms with Gasteiger partial charge >= 0.3 is 6.18 Å². The summed E-state index contributed by atoms with van der Waals surface area (Å²) < 4.78 is 43.4. The van der Waals surface area contributed by atoms with Crippen LogP contribution in [0, 0.1) is 6.92 Å². The van der Waals surface area contributed by atoms with Gasteiger partial charge < -0.3 is 10.1 Å². The standard InChI is InChI=1S/C19H17F3N2OS/c1-12-17(23-11-14-5-3-4-6-16(14)25-2)26-18(24-12)13-7-9-15(10-8-13)19(20,21)22/h3-10,23H,11H2,1-2H3. The van der Waals surface area contributed by atoms with Crippen LogP contribution in [-0.4, -0.2) is 12.1 Å². The molecule has 3 aromatic rings. The number of hydrogen-bond acceptors (Lipinski definition) is 4. The second-order valence-electron chi connectivity index (χ2n) is 5.67. The zero-order chi connectivity index (χ0) is 18.7. The van der Waals surface area contributed by atoms with E-state index in [1.54, 1.807) is 7.11 Å². The minimum absolute atomic E-state index is 0.569. The normalized spacial score (nSPS) is 11.4. The summed E-state index contributed by atoms with van der Waals surface area (Å²) in [6.45, 7) is 2.44. The highest BCUT2D eigenvalue weighted by atomic mass is 32.1. The minimum atomic E-state index is -4.33. The third-order valence-corrected chi connectivity index (χ3v) is 5.05. The molecule has 0 saturated heterocycles. The lowest BCUT2D eigenvalue weighted by atomic mass is 10.1. The highest BCUT2D eigenvalue weighted by Gasteiger charge is 2.30. The molecule has 0 aliphatic carbocycles. The number of nitrogens with one attached hydrogen (secondary N) is 1. The Balaban J connectivity index is 1.77. The molecule has 3 nitrogen and oxygen atoms in total. The molecule has 1 heterocycles. The quantitative estimate of drug-likeness (QED) is 0.613. The average Bonchev–Trinajstić information content (AvgIpc) is 3.00. The van der Waals surface area contributed by atoms with E-state index in [9.17, 15) is 13.2 Å². The molecule has 0 spiro atoms.